The molecule has 0 spiro atoms. The fourth-order valence-electron chi connectivity index (χ4n) is 3.07. The van der Waals surface area contributed by atoms with Crippen LogP contribution in [0.15, 0.2) is 23.1 Å². The number of aromatic hydroxyl groups is 1. The molecule has 23 heavy (non-hydrogen) atoms. The molecule has 0 aromatic heterocycles. The number of hydrogen-bond donors (Lipinski definition) is 1. The number of methoxy groups -OCH3 is 1. The van der Waals surface area contributed by atoms with E-state index in [0.717, 1.165) is 31.2 Å². The number of amides is 1. The Morgan fingerprint density at radius 2 is 2.09 bits per heavy atom. The molecule has 122 valence electrons. The molecule has 4 nitrogen and oxygen atoms in total. The Morgan fingerprint density at radius 1 is 1.35 bits per heavy atom. The van der Waals surface area contributed by atoms with Crippen LogP contribution in [0.3, 0.4) is 0 Å². The van der Waals surface area contributed by atoms with Crippen LogP contribution >= 0.6 is 24.0 Å². The Balaban J connectivity index is 1.83. The van der Waals surface area contributed by atoms with Crippen LogP contribution < -0.4 is 4.74 Å². The fraction of sp³-hybridized carbons (Fsp3) is 0.412. The van der Waals surface area contributed by atoms with Gasteiger partial charge in [-0.3, -0.25) is 9.69 Å². The first-order valence-corrected chi connectivity index (χ1v) is 8.96. The molecule has 0 bridgehead atoms. The number of carbonyl (C=O) groups is 1. The van der Waals surface area contributed by atoms with Crippen molar-refractivity contribution in [3.05, 3.63) is 28.7 Å². The van der Waals surface area contributed by atoms with Crippen molar-refractivity contribution in [2.75, 3.05) is 7.11 Å². The number of thiocarbonyl (C=S) groups is 1. The van der Waals surface area contributed by atoms with E-state index in [2.05, 4.69) is 0 Å². The molecule has 0 unspecified atom stereocenters. The van der Waals surface area contributed by atoms with Gasteiger partial charge in [0.05, 0.1) is 12.0 Å². The molecule has 1 saturated carbocycles. The molecule has 1 heterocycles. The molecule has 6 heteroatoms. The minimum atomic E-state index is -0.000980. The molecular weight excluding hydrogens is 330 g/mol. The summed E-state index contributed by atoms with van der Waals surface area (Å²) in [6, 6.07) is 5.27. The summed E-state index contributed by atoms with van der Waals surface area (Å²) < 4.78 is 5.76. The zero-order valence-electron chi connectivity index (χ0n) is 12.9. The molecule has 3 rings (SSSR count). The van der Waals surface area contributed by atoms with Crippen LogP contribution in [0.25, 0.3) is 6.08 Å². The Morgan fingerprint density at radius 3 is 2.78 bits per heavy atom. The third-order valence-electron chi connectivity index (χ3n) is 4.26. The second-order valence-electron chi connectivity index (χ2n) is 5.77. The van der Waals surface area contributed by atoms with Crippen molar-refractivity contribution in [3.63, 3.8) is 0 Å². The summed E-state index contributed by atoms with van der Waals surface area (Å²) in [5.41, 5.74) is 0.809. The largest absolute Gasteiger partial charge is 0.504 e. The molecule has 2 aliphatic rings. The van der Waals surface area contributed by atoms with E-state index < -0.39 is 0 Å². The number of hydrogen-bond acceptors (Lipinski definition) is 5. The van der Waals surface area contributed by atoms with Gasteiger partial charge in [-0.2, -0.15) is 0 Å². The van der Waals surface area contributed by atoms with Crippen LogP contribution in [0.2, 0.25) is 0 Å². The number of thioether (sulfide) groups is 1. The van der Waals surface area contributed by atoms with Crippen molar-refractivity contribution in [3.8, 4) is 11.5 Å². The van der Waals surface area contributed by atoms with Crippen LogP contribution in [-0.2, 0) is 4.79 Å². The number of rotatable bonds is 3. The Hall–Kier alpha value is -1.53. The summed E-state index contributed by atoms with van der Waals surface area (Å²) in [7, 11) is 1.50. The van der Waals surface area contributed by atoms with Gasteiger partial charge in [-0.15, -0.1) is 0 Å². The normalized spacial score (nSPS) is 21.3. The second-order valence-corrected chi connectivity index (χ2v) is 7.45. The van der Waals surface area contributed by atoms with Crippen LogP contribution in [0, 0.1) is 0 Å². The molecule has 0 atom stereocenters. The third-order valence-corrected chi connectivity index (χ3v) is 5.60. The van der Waals surface area contributed by atoms with Gasteiger partial charge in [0.25, 0.3) is 5.91 Å². The van der Waals surface area contributed by atoms with Crippen molar-refractivity contribution in [1.29, 1.82) is 0 Å². The standard InChI is InChI=1S/C17H19NO3S2/c1-21-14-9-11(7-8-13(14)19)10-15-16(20)18(17(22)23-15)12-5-3-2-4-6-12/h7-10,12,19H,2-6H2,1H3/b15-10+. The van der Waals surface area contributed by atoms with Gasteiger partial charge in [-0.1, -0.05) is 49.3 Å². The number of ether oxygens (including phenoxy) is 1. The molecule has 1 aliphatic heterocycles. The van der Waals surface area contributed by atoms with Gasteiger partial charge in [0, 0.05) is 6.04 Å². The molecular formula is C17H19NO3S2. The van der Waals surface area contributed by atoms with Gasteiger partial charge in [0.15, 0.2) is 11.5 Å². The Kier molecular flexibility index (Phi) is 4.92. The maximum Gasteiger partial charge on any atom is 0.266 e. The van der Waals surface area contributed by atoms with E-state index in [1.54, 1.807) is 23.1 Å². The van der Waals surface area contributed by atoms with Gasteiger partial charge in [0.1, 0.15) is 4.32 Å². The minimum absolute atomic E-state index is 0.000980. The SMILES string of the molecule is COc1cc(/C=C2/SC(=S)N(C3CCCCC3)C2=O)ccc1O. The molecule has 1 aromatic rings. The van der Waals surface area contributed by atoms with Gasteiger partial charge in [0.2, 0.25) is 0 Å². The zero-order chi connectivity index (χ0) is 16.4. The molecule has 1 amide bonds. The van der Waals surface area contributed by atoms with Crippen molar-refractivity contribution < 1.29 is 14.6 Å². The van der Waals surface area contributed by atoms with E-state index >= 15 is 0 Å². The molecule has 1 aromatic carbocycles. The van der Waals surface area contributed by atoms with E-state index in [-0.39, 0.29) is 17.7 Å². The van der Waals surface area contributed by atoms with Gasteiger partial charge in [-0.05, 0) is 36.6 Å². The molecule has 0 radical (unpaired) electrons. The Labute approximate surface area is 145 Å². The molecule has 2 fully saturated rings. The lowest BCUT2D eigenvalue weighted by atomic mass is 9.94. The van der Waals surface area contributed by atoms with Gasteiger partial charge >= 0.3 is 0 Å². The van der Waals surface area contributed by atoms with Gasteiger partial charge < -0.3 is 9.84 Å². The van der Waals surface area contributed by atoms with E-state index in [9.17, 15) is 9.90 Å². The van der Waals surface area contributed by atoms with Crippen LogP contribution in [0.5, 0.6) is 11.5 Å². The maximum absolute atomic E-state index is 12.7. The highest BCUT2D eigenvalue weighted by atomic mass is 32.2. The van der Waals surface area contributed by atoms with Crippen molar-refractivity contribution >= 4 is 40.3 Å². The summed E-state index contributed by atoms with van der Waals surface area (Å²) in [6.07, 6.45) is 7.45. The Bertz CT molecular complexity index is 666. The molecule has 1 aliphatic carbocycles. The number of phenolic OH excluding ortho intramolecular Hbond substituents is 1. The van der Waals surface area contributed by atoms with E-state index in [0.29, 0.717) is 15.0 Å². The predicted molar refractivity (Wildman–Crippen MR) is 96.5 cm³/mol. The number of carbonyl (C=O) groups excluding carboxylic acids is 1. The number of benzene rings is 1. The van der Waals surface area contributed by atoms with Crippen molar-refractivity contribution in [1.82, 2.24) is 4.90 Å². The van der Waals surface area contributed by atoms with E-state index in [1.807, 2.05) is 6.08 Å². The van der Waals surface area contributed by atoms with Crippen LogP contribution in [0.4, 0.5) is 0 Å². The van der Waals surface area contributed by atoms with E-state index in [4.69, 9.17) is 17.0 Å². The smallest absolute Gasteiger partial charge is 0.266 e. The maximum atomic E-state index is 12.7. The highest BCUT2D eigenvalue weighted by molar-refractivity contribution is 8.26. The quantitative estimate of drug-likeness (QED) is 0.662. The van der Waals surface area contributed by atoms with E-state index in [1.165, 1.54) is 25.3 Å². The summed E-state index contributed by atoms with van der Waals surface area (Å²) >= 11 is 6.78. The number of nitrogens with zero attached hydrogens (tertiary/aromatic N) is 1. The highest BCUT2D eigenvalue weighted by Gasteiger charge is 2.37. The summed E-state index contributed by atoms with van der Waals surface area (Å²) in [5, 5.41) is 9.66. The fourth-order valence-corrected chi connectivity index (χ4v) is 4.47. The van der Waals surface area contributed by atoms with Crippen molar-refractivity contribution in [2.24, 2.45) is 0 Å². The second kappa shape index (κ2) is 6.93. The third kappa shape index (κ3) is 3.38. The first kappa shape index (κ1) is 16.3. The monoisotopic (exact) mass is 349 g/mol. The lowest BCUT2D eigenvalue weighted by molar-refractivity contribution is -0.124. The highest BCUT2D eigenvalue weighted by Crippen LogP contribution is 2.38. The average Bonchev–Trinajstić information content (AvgIpc) is 2.84. The summed E-state index contributed by atoms with van der Waals surface area (Å²) in [4.78, 5) is 15.1. The van der Waals surface area contributed by atoms with Crippen molar-refractivity contribution in [2.45, 2.75) is 38.1 Å². The lowest BCUT2D eigenvalue weighted by Crippen LogP contribution is -2.39. The lowest BCUT2D eigenvalue weighted by Gasteiger charge is -2.29. The summed E-state index contributed by atoms with van der Waals surface area (Å²) in [6.45, 7) is 0. The summed E-state index contributed by atoms with van der Waals surface area (Å²) in [5.74, 6) is 0.472. The van der Waals surface area contributed by atoms with Crippen LogP contribution in [0.1, 0.15) is 37.7 Å². The van der Waals surface area contributed by atoms with Gasteiger partial charge in [-0.25, -0.2) is 0 Å². The predicted octanol–water partition coefficient (Wildman–Crippen LogP) is 3.93. The van der Waals surface area contributed by atoms with Crippen LogP contribution in [-0.4, -0.2) is 33.4 Å². The first-order valence-electron chi connectivity index (χ1n) is 7.74. The first-order chi connectivity index (χ1) is 11.1. The minimum Gasteiger partial charge on any atom is -0.504 e. The average molecular weight is 349 g/mol. The molecule has 1 N–H and O–H groups in total. The topological polar surface area (TPSA) is 49.8 Å². The zero-order valence-corrected chi connectivity index (χ0v) is 14.6. The number of phenols is 1. The molecule has 1 saturated heterocycles.